The first-order chi connectivity index (χ1) is 9.47. The lowest BCUT2D eigenvalue weighted by Crippen LogP contribution is -2.32. The van der Waals surface area contributed by atoms with Crippen molar-refractivity contribution < 1.29 is 5.11 Å². The standard InChI is InChI=1S/C12H9Cl4N3O/c13-4-11(16)12(20,5-19-7-17-6-18-19)9-2-1-8(14)3-10(9)15/h1-4,6-7,20H,5H2. The van der Waals surface area contributed by atoms with Gasteiger partial charge in [0.05, 0.1) is 11.6 Å². The molecule has 0 saturated heterocycles. The SMILES string of the molecule is OC(Cn1cncn1)(C(Cl)=CCl)c1ccc(Cl)cc1Cl. The van der Waals surface area contributed by atoms with Crippen LogP contribution < -0.4 is 0 Å². The van der Waals surface area contributed by atoms with Crippen LogP contribution in [0.25, 0.3) is 0 Å². The maximum absolute atomic E-state index is 10.9. The van der Waals surface area contributed by atoms with Gasteiger partial charge in [0.1, 0.15) is 18.3 Å². The van der Waals surface area contributed by atoms with Crippen LogP contribution in [0.2, 0.25) is 10.0 Å². The van der Waals surface area contributed by atoms with Crippen molar-refractivity contribution >= 4 is 46.4 Å². The first-order valence-corrected chi connectivity index (χ1v) is 7.01. The molecule has 106 valence electrons. The molecule has 1 atom stereocenters. The summed E-state index contributed by atoms with van der Waals surface area (Å²) < 4.78 is 1.42. The zero-order chi connectivity index (χ0) is 14.8. The van der Waals surface area contributed by atoms with Gasteiger partial charge in [-0.15, -0.1) is 0 Å². The average molecular weight is 353 g/mol. The van der Waals surface area contributed by atoms with Crippen LogP contribution >= 0.6 is 46.4 Å². The fraction of sp³-hybridized carbons (Fsp3) is 0.167. The minimum absolute atomic E-state index is 0.0103. The maximum atomic E-state index is 10.9. The molecule has 0 aliphatic rings. The topological polar surface area (TPSA) is 50.9 Å². The number of aromatic nitrogens is 3. The van der Waals surface area contributed by atoms with Crippen molar-refractivity contribution in [3.8, 4) is 0 Å². The Balaban J connectivity index is 2.51. The summed E-state index contributed by atoms with van der Waals surface area (Å²) in [6.45, 7) is 0.0103. The van der Waals surface area contributed by atoms with Crippen molar-refractivity contribution in [3.63, 3.8) is 0 Å². The average Bonchev–Trinajstić information content (AvgIpc) is 2.90. The molecule has 1 heterocycles. The number of nitrogens with zero attached hydrogens (tertiary/aromatic N) is 3. The third kappa shape index (κ3) is 3.10. The van der Waals surface area contributed by atoms with Crippen molar-refractivity contribution in [3.05, 3.63) is 57.0 Å². The summed E-state index contributed by atoms with van der Waals surface area (Å²) in [5.41, 5.74) is -0.164. The highest BCUT2D eigenvalue weighted by Crippen LogP contribution is 2.38. The van der Waals surface area contributed by atoms with Gasteiger partial charge in [0, 0.05) is 21.1 Å². The van der Waals surface area contributed by atoms with Gasteiger partial charge in [-0.1, -0.05) is 52.5 Å². The second kappa shape index (κ2) is 6.33. The predicted molar refractivity (Wildman–Crippen MR) is 80.2 cm³/mol. The molecular weight excluding hydrogens is 344 g/mol. The highest BCUT2D eigenvalue weighted by atomic mass is 35.5. The Labute approximate surface area is 135 Å². The van der Waals surface area contributed by atoms with E-state index in [9.17, 15) is 5.11 Å². The van der Waals surface area contributed by atoms with Crippen LogP contribution in [-0.4, -0.2) is 19.9 Å². The Morgan fingerprint density at radius 1 is 1.40 bits per heavy atom. The number of halogens is 4. The molecule has 0 saturated carbocycles. The second-order valence-electron chi connectivity index (χ2n) is 4.03. The lowest BCUT2D eigenvalue weighted by molar-refractivity contribution is 0.0609. The van der Waals surface area contributed by atoms with Crippen LogP contribution in [0.3, 0.4) is 0 Å². The Hall–Kier alpha value is -0.780. The Morgan fingerprint density at radius 2 is 2.15 bits per heavy atom. The van der Waals surface area contributed by atoms with Gasteiger partial charge in [-0.3, -0.25) is 0 Å². The van der Waals surface area contributed by atoms with E-state index in [2.05, 4.69) is 10.1 Å². The highest BCUT2D eigenvalue weighted by Gasteiger charge is 2.36. The molecule has 0 bridgehead atoms. The smallest absolute Gasteiger partial charge is 0.147 e. The van der Waals surface area contributed by atoms with Crippen molar-refractivity contribution in [1.82, 2.24) is 14.8 Å². The number of aliphatic hydroxyl groups is 1. The number of benzene rings is 1. The summed E-state index contributed by atoms with van der Waals surface area (Å²) in [5, 5.41) is 15.6. The van der Waals surface area contributed by atoms with E-state index in [1.165, 1.54) is 23.4 Å². The lowest BCUT2D eigenvalue weighted by atomic mass is 9.93. The van der Waals surface area contributed by atoms with Gasteiger partial charge in [0.2, 0.25) is 0 Å². The van der Waals surface area contributed by atoms with Gasteiger partial charge in [-0.25, -0.2) is 9.67 Å². The van der Waals surface area contributed by atoms with Crippen LogP contribution in [0.5, 0.6) is 0 Å². The fourth-order valence-electron chi connectivity index (χ4n) is 1.75. The minimum atomic E-state index is -1.63. The van der Waals surface area contributed by atoms with Crippen molar-refractivity contribution in [2.45, 2.75) is 12.1 Å². The van der Waals surface area contributed by atoms with Crippen molar-refractivity contribution in [2.24, 2.45) is 0 Å². The molecule has 1 unspecified atom stereocenters. The van der Waals surface area contributed by atoms with E-state index in [4.69, 9.17) is 46.4 Å². The normalized spacial score (nSPS) is 15.2. The molecule has 1 N–H and O–H groups in total. The molecule has 1 aromatic carbocycles. The summed E-state index contributed by atoms with van der Waals surface area (Å²) >= 11 is 23.7. The van der Waals surface area contributed by atoms with E-state index in [1.54, 1.807) is 12.1 Å². The van der Waals surface area contributed by atoms with Gasteiger partial charge >= 0.3 is 0 Å². The van der Waals surface area contributed by atoms with Gasteiger partial charge in [-0.05, 0) is 12.1 Å². The largest absolute Gasteiger partial charge is 0.377 e. The second-order valence-corrected chi connectivity index (χ2v) is 5.50. The monoisotopic (exact) mass is 351 g/mol. The Kier molecular flexibility index (Phi) is 4.94. The van der Waals surface area contributed by atoms with E-state index in [0.717, 1.165) is 5.54 Å². The molecule has 0 radical (unpaired) electrons. The van der Waals surface area contributed by atoms with Crippen LogP contribution in [0, 0.1) is 0 Å². The first kappa shape index (κ1) is 15.6. The third-order valence-electron chi connectivity index (χ3n) is 2.72. The minimum Gasteiger partial charge on any atom is -0.377 e. The summed E-state index contributed by atoms with van der Waals surface area (Å²) in [6.07, 6.45) is 2.80. The van der Waals surface area contributed by atoms with Crippen LogP contribution in [0.1, 0.15) is 5.56 Å². The molecule has 0 amide bonds. The van der Waals surface area contributed by atoms with Crippen LogP contribution in [-0.2, 0) is 12.1 Å². The number of hydrogen-bond donors (Lipinski definition) is 1. The Morgan fingerprint density at radius 3 is 2.70 bits per heavy atom. The van der Waals surface area contributed by atoms with Crippen molar-refractivity contribution in [2.75, 3.05) is 0 Å². The molecule has 0 aliphatic carbocycles. The number of hydrogen-bond acceptors (Lipinski definition) is 3. The molecule has 20 heavy (non-hydrogen) atoms. The van der Waals surface area contributed by atoms with E-state index in [1.807, 2.05) is 0 Å². The van der Waals surface area contributed by atoms with Crippen LogP contribution in [0.15, 0.2) is 41.4 Å². The molecule has 2 rings (SSSR count). The van der Waals surface area contributed by atoms with Crippen LogP contribution in [0.4, 0.5) is 0 Å². The molecule has 1 aromatic heterocycles. The lowest BCUT2D eigenvalue weighted by Gasteiger charge is -2.28. The number of rotatable bonds is 4. The molecule has 0 spiro atoms. The zero-order valence-corrected chi connectivity index (χ0v) is 13.0. The third-order valence-corrected chi connectivity index (χ3v) is 4.02. The van der Waals surface area contributed by atoms with E-state index in [0.29, 0.717) is 10.6 Å². The molecule has 0 aliphatic heterocycles. The van der Waals surface area contributed by atoms with E-state index < -0.39 is 5.60 Å². The Bertz CT molecular complexity index is 630. The summed E-state index contributed by atoms with van der Waals surface area (Å²) in [6, 6.07) is 4.71. The first-order valence-electron chi connectivity index (χ1n) is 5.44. The highest BCUT2D eigenvalue weighted by molar-refractivity contribution is 6.38. The molecule has 4 nitrogen and oxygen atoms in total. The predicted octanol–water partition coefficient (Wildman–Crippen LogP) is 3.79. The van der Waals surface area contributed by atoms with E-state index in [-0.39, 0.29) is 16.6 Å². The molecule has 8 heteroatoms. The van der Waals surface area contributed by atoms with Crippen molar-refractivity contribution in [1.29, 1.82) is 0 Å². The summed E-state index contributed by atoms with van der Waals surface area (Å²) in [5.74, 6) is 0. The fourth-order valence-corrected chi connectivity index (χ4v) is 2.66. The molecule has 0 fully saturated rings. The molecular formula is C12H9Cl4N3O. The summed E-state index contributed by atoms with van der Waals surface area (Å²) in [4.78, 5) is 3.81. The van der Waals surface area contributed by atoms with Gasteiger partial charge in [-0.2, -0.15) is 5.10 Å². The van der Waals surface area contributed by atoms with Gasteiger partial charge < -0.3 is 5.11 Å². The summed E-state index contributed by atoms with van der Waals surface area (Å²) in [7, 11) is 0. The van der Waals surface area contributed by atoms with Gasteiger partial charge in [0.25, 0.3) is 0 Å². The van der Waals surface area contributed by atoms with E-state index >= 15 is 0 Å². The molecule has 2 aromatic rings. The maximum Gasteiger partial charge on any atom is 0.147 e. The quantitative estimate of drug-likeness (QED) is 0.910. The van der Waals surface area contributed by atoms with Gasteiger partial charge in [0.15, 0.2) is 0 Å². The zero-order valence-electron chi connectivity index (χ0n) is 9.97.